The Kier molecular flexibility index (Phi) is 7.47. The maximum atomic E-state index is 9.47. The molecule has 2 rings (SSSR count). The first kappa shape index (κ1) is 17.7. The number of hydrogen-bond acceptors (Lipinski definition) is 3. The number of aliphatic imine (C=N–C) groups is 1. The summed E-state index contributed by atoms with van der Waals surface area (Å²) in [5, 5.41) is 15.9. The molecule has 3 N–H and O–H groups in total. The number of phenolic OH excluding ortho intramolecular Hbond substituents is 1. The van der Waals surface area contributed by atoms with Gasteiger partial charge in [-0.15, -0.1) is 0 Å². The second-order valence-electron chi connectivity index (χ2n) is 5.27. The molecule has 0 saturated carbocycles. The highest BCUT2D eigenvalue weighted by Gasteiger charge is 1.99. The van der Waals surface area contributed by atoms with Crippen LogP contribution in [0.3, 0.4) is 0 Å². The number of rotatable bonds is 8. The molecule has 128 valence electrons. The van der Waals surface area contributed by atoms with Crippen molar-refractivity contribution in [1.82, 2.24) is 10.6 Å². The van der Waals surface area contributed by atoms with E-state index in [1.54, 1.807) is 12.1 Å². The van der Waals surface area contributed by atoms with Gasteiger partial charge in [0.15, 0.2) is 5.96 Å². The molecule has 0 fully saturated rings. The average molecular weight is 327 g/mol. The Balaban J connectivity index is 1.73. The third kappa shape index (κ3) is 6.60. The third-order valence-electron chi connectivity index (χ3n) is 3.33. The van der Waals surface area contributed by atoms with Crippen molar-refractivity contribution < 1.29 is 9.84 Å². The van der Waals surface area contributed by atoms with Crippen molar-refractivity contribution in [3.05, 3.63) is 60.2 Å². The molecule has 0 atom stereocenters. The predicted molar refractivity (Wildman–Crippen MR) is 97.7 cm³/mol. The summed E-state index contributed by atoms with van der Waals surface area (Å²) >= 11 is 0. The van der Waals surface area contributed by atoms with Crippen molar-refractivity contribution >= 4 is 5.96 Å². The molecule has 0 aliphatic heterocycles. The monoisotopic (exact) mass is 327 g/mol. The van der Waals surface area contributed by atoms with Crippen LogP contribution in [0, 0.1) is 0 Å². The highest BCUT2D eigenvalue weighted by Crippen LogP contribution is 2.11. The fourth-order valence-electron chi connectivity index (χ4n) is 2.21. The van der Waals surface area contributed by atoms with Gasteiger partial charge in [0.05, 0.1) is 6.54 Å². The van der Waals surface area contributed by atoms with Crippen LogP contribution in [0.5, 0.6) is 11.5 Å². The van der Waals surface area contributed by atoms with Gasteiger partial charge >= 0.3 is 0 Å². The van der Waals surface area contributed by atoms with E-state index in [9.17, 15) is 5.11 Å². The zero-order valence-corrected chi connectivity index (χ0v) is 14.0. The Hall–Kier alpha value is -2.69. The summed E-state index contributed by atoms with van der Waals surface area (Å²) in [5.41, 5.74) is 1.07. The summed E-state index contributed by atoms with van der Waals surface area (Å²) < 4.78 is 5.65. The van der Waals surface area contributed by atoms with E-state index < -0.39 is 0 Å². The fourth-order valence-corrected chi connectivity index (χ4v) is 2.21. The van der Waals surface area contributed by atoms with E-state index in [0.29, 0.717) is 25.4 Å². The van der Waals surface area contributed by atoms with Gasteiger partial charge in [0.2, 0.25) is 0 Å². The summed E-state index contributed by atoms with van der Waals surface area (Å²) in [6, 6.07) is 17.0. The van der Waals surface area contributed by atoms with Crippen LogP contribution >= 0.6 is 0 Å². The molecule has 24 heavy (non-hydrogen) atoms. The van der Waals surface area contributed by atoms with Crippen molar-refractivity contribution in [3.63, 3.8) is 0 Å². The molecular weight excluding hydrogens is 302 g/mol. The molecule has 2 aromatic carbocycles. The summed E-state index contributed by atoms with van der Waals surface area (Å²) in [6.07, 6.45) is 0.783. The quantitative estimate of drug-likeness (QED) is 0.396. The minimum absolute atomic E-state index is 0.291. The highest BCUT2D eigenvalue weighted by molar-refractivity contribution is 5.79. The highest BCUT2D eigenvalue weighted by atomic mass is 16.5. The van der Waals surface area contributed by atoms with Gasteiger partial charge in [-0.2, -0.15) is 0 Å². The van der Waals surface area contributed by atoms with Crippen molar-refractivity contribution in [1.29, 1.82) is 0 Å². The van der Waals surface area contributed by atoms with Crippen LogP contribution in [-0.2, 0) is 6.42 Å². The molecule has 0 saturated heterocycles. The first-order valence-electron chi connectivity index (χ1n) is 8.26. The lowest BCUT2D eigenvalue weighted by Gasteiger charge is -2.12. The van der Waals surface area contributed by atoms with Gasteiger partial charge < -0.3 is 20.5 Å². The molecule has 0 heterocycles. The van der Waals surface area contributed by atoms with Gasteiger partial charge in [-0.3, -0.25) is 4.99 Å². The SMILES string of the molecule is CCNC(=NCCc1cccc(O)c1)NCCOc1ccccc1. The Morgan fingerprint density at radius 1 is 1.08 bits per heavy atom. The molecule has 0 amide bonds. The number of ether oxygens (including phenoxy) is 1. The number of nitrogens with zero attached hydrogens (tertiary/aromatic N) is 1. The van der Waals surface area contributed by atoms with Gasteiger partial charge in [0, 0.05) is 13.1 Å². The zero-order valence-electron chi connectivity index (χ0n) is 14.0. The Morgan fingerprint density at radius 2 is 1.92 bits per heavy atom. The van der Waals surface area contributed by atoms with Crippen molar-refractivity contribution in [2.45, 2.75) is 13.3 Å². The fraction of sp³-hybridized carbons (Fsp3) is 0.316. The van der Waals surface area contributed by atoms with Crippen molar-refractivity contribution in [3.8, 4) is 11.5 Å². The maximum absolute atomic E-state index is 9.47. The van der Waals surface area contributed by atoms with E-state index >= 15 is 0 Å². The number of guanidine groups is 1. The molecule has 0 aromatic heterocycles. The average Bonchev–Trinajstić information content (AvgIpc) is 2.59. The first-order chi connectivity index (χ1) is 11.8. The first-order valence-corrected chi connectivity index (χ1v) is 8.26. The summed E-state index contributed by atoms with van der Waals surface area (Å²) in [4.78, 5) is 4.54. The van der Waals surface area contributed by atoms with E-state index in [0.717, 1.165) is 30.2 Å². The number of benzene rings is 2. The lowest BCUT2D eigenvalue weighted by molar-refractivity contribution is 0.322. The number of para-hydroxylation sites is 1. The minimum atomic E-state index is 0.291. The zero-order chi connectivity index (χ0) is 17.0. The molecule has 0 bridgehead atoms. The number of nitrogens with one attached hydrogen (secondary N) is 2. The second kappa shape index (κ2) is 10.2. The minimum Gasteiger partial charge on any atom is -0.508 e. The van der Waals surface area contributed by atoms with Crippen LogP contribution in [0.4, 0.5) is 0 Å². The Bertz CT molecular complexity index is 630. The molecule has 0 aliphatic carbocycles. The van der Waals surface area contributed by atoms with Gasteiger partial charge in [0.1, 0.15) is 18.1 Å². The van der Waals surface area contributed by atoms with E-state index in [2.05, 4.69) is 15.6 Å². The van der Waals surface area contributed by atoms with Gasteiger partial charge in [0.25, 0.3) is 0 Å². The summed E-state index contributed by atoms with van der Waals surface area (Å²) in [7, 11) is 0. The molecule has 2 aromatic rings. The molecular formula is C19H25N3O2. The van der Waals surface area contributed by atoms with E-state index in [1.807, 2.05) is 49.4 Å². The molecule has 0 radical (unpaired) electrons. The van der Waals surface area contributed by atoms with Crippen LogP contribution in [0.1, 0.15) is 12.5 Å². The number of hydrogen-bond donors (Lipinski definition) is 3. The molecule has 5 nitrogen and oxygen atoms in total. The van der Waals surface area contributed by atoms with Crippen LogP contribution in [0.25, 0.3) is 0 Å². The van der Waals surface area contributed by atoms with Crippen LogP contribution in [0.2, 0.25) is 0 Å². The summed E-state index contributed by atoms with van der Waals surface area (Å²) in [6.45, 7) is 4.73. The van der Waals surface area contributed by atoms with Gasteiger partial charge in [-0.1, -0.05) is 30.3 Å². The largest absolute Gasteiger partial charge is 0.508 e. The van der Waals surface area contributed by atoms with Crippen molar-refractivity contribution in [2.24, 2.45) is 4.99 Å². The lowest BCUT2D eigenvalue weighted by atomic mass is 10.1. The van der Waals surface area contributed by atoms with Crippen molar-refractivity contribution in [2.75, 3.05) is 26.2 Å². The third-order valence-corrected chi connectivity index (χ3v) is 3.33. The molecule has 5 heteroatoms. The van der Waals surface area contributed by atoms with E-state index in [4.69, 9.17) is 4.74 Å². The number of phenols is 1. The maximum Gasteiger partial charge on any atom is 0.191 e. The molecule has 0 unspecified atom stereocenters. The molecule has 0 spiro atoms. The van der Waals surface area contributed by atoms with Crippen LogP contribution in [0.15, 0.2) is 59.6 Å². The van der Waals surface area contributed by atoms with Crippen LogP contribution in [-0.4, -0.2) is 37.3 Å². The van der Waals surface area contributed by atoms with E-state index in [-0.39, 0.29) is 0 Å². The van der Waals surface area contributed by atoms with E-state index in [1.165, 1.54) is 0 Å². The van der Waals surface area contributed by atoms with Crippen LogP contribution < -0.4 is 15.4 Å². The smallest absolute Gasteiger partial charge is 0.191 e. The number of aromatic hydroxyl groups is 1. The normalized spacial score (nSPS) is 11.1. The topological polar surface area (TPSA) is 65.9 Å². The lowest BCUT2D eigenvalue weighted by Crippen LogP contribution is -2.39. The Morgan fingerprint density at radius 3 is 2.67 bits per heavy atom. The predicted octanol–water partition coefficient (Wildman–Crippen LogP) is 2.57. The van der Waals surface area contributed by atoms with Gasteiger partial charge in [-0.05, 0) is 43.2 Å². The Labute approximate surface area is 143 Å². The second-order valence-corrected chi connectivity index (χ2v) is 5.27. The standard InChI is InChI=1S/C19H25N3O2/c1-2-20-19(21-12-11-16-7-6-8-17(23)15-16)22-13-14-24-18-9-4-3-5-10-18/h3-10,15,23H,2,11-14H2,1H3,(H2,20,21,22). The molecule has 0 aliphatic rings. The van der Waals surface area contributed by atoms with Gasteiger partial charge in [-0.25, -0.2) is 0 Å². The summed E-state index contributed by atoms with van der Waals surface area (Å²) in [5.74, 6) is 1.93.